The molecule has 2 nitrogen and oxygen atoms in total. The highest BCUT2D eigenvalue weighted by atomic mass is 16.1. The van der Waals surface area contributed by atoms with Gasteiger partial charge in [-0.25, -0.2) is 0 Å². The zero-order chi connectivity index (χ0) is 11.4. The lowest BCUT2D eigenvalue weighted by molar-refractivity contribution is 0.112. The first-order valence-electron chi connectivity index (χ1n) is 6.09. The third kappa shape index (κ3) is 2.43. The summed E-state index contributed by atoms with van der Waals surface area (Å²) in [5.74, 6) is 0. The number of hydrogen-bond donors (Lipinski definition) is 0. The van der Waals surface area contributed by atoms with Gasteiger partial charge in [-0.1, -0.05) is 31.4 Å². The topological polar surface area (TPSA) is 20.3 Å². The number of benzene rings is 1. The standard InChI is InChI=1S/C14H19NO/c1-15(13-7-3-2-4-8-13)14-9-5-6-12(10-14)11-16/h5-6,9-11,13H,2-4,7-8H2,1H3. The van der Waals surface area contributed by atoms with Gasteiger partial charge in [-0.15, -0.1) is 0 Å². The molecule has 1 aliphatic carbocycles. The molecule has 0 atom stereocenters. The van der Waals surface area contributed by atoms with E-state index in [1.807, 2.05) is 18.2 Å². The highest BCUT2D eigenvalue weighted by molar-refractivity contribution is 5.77. The van der Waals surface area contributed by atoms with Crippen molar-refractivity contribution in [3.63, 3.8) is 0 Å². The Labute approximate surface area is 97.3 Å². The van der Waals surface area contributed by atoms with E-state index >= 15 is 0 Å². The monoisotopic (exact) mass is 217 g/mol. The van der Waals surface area contributed by atoms with Gasteiger partial charge in [0.2, 0.25) is 0 Å². The van der Waals surface area contributed by atoms with Crippen LogP contribution in [0.3, 0.4) is 0 Å². The lowest BCUT2D eigenvalue weighted by Crippen LogP contribution is -2.33. The molecular formula is C14H19NO. The van der Waals surface area contributed by atoms with E-state index in [1.54, 1.807) is 0 Å². The van der Waals surface area contributed by atoms with Gasteiger partial charge in [-0.3, -0.25) is 4.79 Å². The van der Waals surface area contributed by atoms with Gasteiger partial charge in [-0.05, 0) is 25.0 Å². The molecule has 0 spiro atoms. The quantitative estimate of drug-likeness (QED) is 0.724. The van der Waals surface area contributed by atoms with Crippen molar-refractivity contribution in [2.45, 2.75) is 38.1 Å². The van der Waals surface area contributed by atoms with Crippen LogP contribution in [0.5, 0.6) is 0 Å². The fourth-order valence-electron chi connectivity index (χ4n) is 2.50. The first-order valence-corrected chi connectivity index (χ1v) is 6.09. The summed E-state index contributed by atoms with van der Waals surface area (Å²) in [6.45, 7) is 0. The fourth-order valence-corrected chi connectivity index (χ4v) is 2.50. The number of hydrogen-bond acceptors (Lipinski definition) is 2. The van der Waals surface area contributed by atoms with Gasteiger partial charge in [0, 0.05) is 24.3 Å². The molecule has 0 heterocycles. The molecule has 0 N–H and O–H groups in total. The summed E-state index contributed by atoms with van der Waals surface area (Å²) < 4.78 is 0. The van der Waals surface area contributed by atoms with E-state index in [2.05, 4.69) is 18.0 Å². The van der Waals surface area contributed by atoms with Gasteiger partial charge in [0.25, 0.3) is 0 Å². The van der Waals surface area contributed by atoms with E-state index in [0.29, 0.717) is 6.04 Å². The number of aldehydes is 1. The van der Waals surface area contributed by atoms with Crippen molar-refractivity contribution in [1.29, 1.82) is 0 Å². The SMILES string of the molecule is CN(c1cccc(C=O)c1)C1CCCCC1. The van der Waals surface area contributed by atoms with Crippen molar-refractivity contribution >= 4 is 12.0 Å². The van der Waals surface area contributed by atoms with Gasteiger partial charge < -0.3 is 4.90 Å². The Morgan fingerprint density at radius 1 is 1.25 bits per heavy atom. The second-order valence-corrected chi connectivity index (χ2v) is 4.62. The Morgan fingerprint density at radius 2 is 2.00 bits per heavy atom. The molecule has 1 aromatic rings. The number of carbonyl (C=O) groups excluding carboxylic acids is 1. The van der Waals surface area contributed by atoms with Crippen LogP contribution < -0.4 is 4.90 Å². The van der Waals surface area contributed by atoms with Gasteiger partial charge in [0.1, 0.15) is 6.29 Å². The summed E-state index contributed by atoms with van der Waals surface area (Å²) in [6.07, 6.45) is 7.52. The van der Waals surface area contributed by atoms with Gasteiger partial charge in [-0.2, -0.15) is 0 Å². The molecule has 0 unspecified atom stereocenters. The third-order valence-corrected chi connectivity index (χ3v) is 3.54. The fraction of sp³-hybridized carbons (Fsp3) is 0.500. The minimum Gasteiger partial charge on any atom is -0.372 e. The molecule has 0 aromatic heterocycles. The molecule has 0 aliphatic heterocycles. The second kappa shape index (κ2) is 5.15. The van der Waals surface area contributed by atoms with Crippen LogP contribution >= 0.6 is 0 Å². The average Bonchev–Trinajstić information content (AvgIpc) is 2.39. The van der Waals surface area contributed by atoms with E-state index in [1.165, 1.54) is 32.1 Å². The molecule has 0 amide bonds. The molecule has 1 saturated carbocycles. The second-order valence-electron chi connectivity index (χ2n) is 4.62. The van der Waals surface area contributed by atoms with E-state index in [4.69, 9.17) is 0 Å². The van der Waals surface area contributed by atoms with Gasteiger partial charge >= 0.3 is 0 Å². The normalized spacial score (nSPS) is 17.1. The van der Waals surface area contributed by atoms with Crippen molar-refractivity contribution < 1.29 is 4.79 Å². The average molecular weight is 217 g/mol. The highest BCUT2D eigenvalue weighted by Gasteiger charge is 2.18. The first-order chi connectivity index (χ1) is 7.81. The van der Waals surface area contributed by atoms with Crippen LogP contribution in [-0.4, -0.2) is 19.4 Å². The predicted octanol–water partition coefficient (Wildman–Crippen LogP) is 3.27. The number of rotatable bonds is 3. The van der Waals surface area contributed by atoms with Crippen LogP contribution in [0.15, 0.2) is 24.3 Å². The van der Waals surface area contributed by atoms with Gasteiger partial charge in [0.05, 0.1) is 0 Å². The Morgan fingerprint density at radius 3 is 2.69 bits per heavy atom. The van der Waals surface area contributed by atoms with Crippen LogP contribution in [0.25, 0.3) is 0 Å². The lowest BCUT2D eigenvalue weighted by atomic mass is 9.94. The van der Waals surface area contributed by atoms with Crippen molar-refractivity contribution in [3.05, 3.63) is 29.8 Å². The Balaban J connectivity index is 2.12. The molecule has 1 aliphatic rings. The molecule has 0 saturated heterocycles. The van der Waals surface area contributed by atoms with E-state index in [9.17, 15) is 4.79 Å². The first kappa shape index (κ1) is 11.2. The summed E-state index contributed by atoms with van der Waals surface area (Å²) >= 11 is 0. The van der Waals surface area contributed by atoms with Crippen molar-refractivity contribution in [2.75, 3.05) is 11.9 Å². The minimum atomic E-state index is 0.649. The summed E-state index contributed by atoms with van der Waals surface area (Å²) in [5.41, 5.74) is 1.93. The molecule has 0 radical (unpaired) electrons. The zero-order valence-corrected chi connectivity index (χ0v) is 9.86. The summed E-state index contributed by atoms with van der Waals surface area (Å²) in [6, 6.07) is 8.52. The van der Waals surface area contributed by atoms with Crippen LogP contribution in [0, 0.1) is 0 Å². The van der Waals surface area contributed by atoms with Crippen molar-refractivity contribution in [1.82, 2.24) is 0 Å². The summed E-state index contributed by atoms with van der Waals surface area (Å²) in [4.78, 5) is 13.1. The van der Waals surface area contributed by atoms with E-state index in [0.717, 1.165) is 17.5 Å². The molecule has 2 heteroatoms. The minimum absolute atomic E-state index is 0.649. The Kier molecular flexibility index (Phi) is 3.60. The van der Waals surface area contributed by atoms with Crippen LogP contribution in [0.1, 0.15) is 42.5 Å². The van der Waals surface area contributed by atoms with Crippen molar-refractivity contribution in [3.8, 4) is 0 Å². The maximum atomic E-state index is 10.7. The largest absolute Gasteiger partial charge is 0.372 e. The predicted molar refractivity (Wildman–Crippen MR) is 67.1 cm³/mol. The summed E-state index contributed by atoms with van der Waals surface area (Å²) in [5, 5.41) is 0. The van der Waals surface area contributed by atoms with Crippen LogP contribution in [-0.2, 0) is 0 Å². The molecule has 16 heavy (non-hydrogen) atoms. The number of anilines is 1. The van der Waals surface area contributed by atoms with E-state index in [-0.39, 0.29) is 0 Å². The van der Waals surface area contributed by atoms with Crippen LogP contribution in [0.4, 0.5) is 5.69 Å². The molecular weight excluding hydrogens is 198 g/mol. The summed E-state index contributed by atoms with van der Waals surface area (Å²) in [7, 11) is 2.14. The van der Waals surface area contributed by atoms with Gasteiger partial charge in [0.15, 0.2) is 0 Å². The molecule has 1 aromatic carbocycles. The molecule has 86 valence electrons. The molecule has 2 rings (SSSR count). The smallest absolute Gasteiger partial charge is 0.150 e. The maximum absolute atomic E-state index is 10.7. The lowest BCUT2D eigenvalue weighted by Gasteiger charge is -2.33. The third-order valence-electron chi connectivity index (χ3n) is 3.54. The van der Waals surface area contributed by atoms with E-state index < -0.39 is 0 Å². The Hall–Kier alpha value is -1.31. The maximum Gasteiger partial charge on any atom is 0.150 e. The number of nitrogens with zero attached hydrogens (tertiary/aromatic N) is 1. The molecule has 0 bridgehead atoms. The van der Waals surface area contributed by atoms with Crippen LogP contribution in [0.2, 0.25) is 0 Å². The Bertz CT molecular complexity index is 356. The zero-order valence-electron chi connectivity index (χ0n) is 9.86. The highest BCUT2D eigenvalue weighted by Crippen LogP contribution is 2.26. The van der Waals surface area contributed by atoms with Crippen molar-refractivity contribution in [2.24, 2.45) is 0 Å². The number of carbonyl (C=O) groups is 1. The molecule has 1 fully saturated rings.